The summed E-state index contributed by atoms with van der Waals surface area (Å²) in [6.07, 6.45) is 2.03. The van der Waals surface area contributed by atoms with Gasteiger partial charge in [-0.3, -0.25) is 10.8 Å². The first-order valence-electron chi connectivity index (χ1n) is 19.3. The van der Waals surface area contributed by atoms with Crippen molar-refractivity contribution in [2.75, 3.05) is 0 Å². The molecule has 0 saturated heterocycles. The molecule has 0 spiro atoms. The summed E-state index contributed by atoms with van der Waals surface area (Å²) in [7, 11) is 0. The SMILES string of the molecule is N=C1C(=N)c2c(c(-c3ccccc3)nc3ccccc23)C=C1c1ccc(-c2cc(-c3cccc(-c4ccccc4)c3)nc(-c3cccc(-c4ccccc4)c3)n2)cc1. The fourth-order valence-electron chi connectivity index (χ4n) is 7.81. The maximum atomic E-state index is 9.31. The Labute approximate surface area is 336 Å². The summed E-state index contributed by atoms with van der Waals surface area (Å²) in [4.78, 5) is 15.4. The summed E-state index contributed by atoms with van der Waals surface area (Å²) >= 11 is 0. The van der Waals surface area contributed by atoms with Gasteiger partial charge in [0, 0.05) is 44.3 Å². The molecule has 0 amide bonds. The van der Waals surface area contributed by atoms with Crippen molar-refractivity contribution in [1.29, 1.82) is 10.8 Å². The lowest BCUT2D eigenvalue weighted by molar-refractivity contribution is 1.18. The number of allylic oxidation sites excluding steroid dienone is 1. The van der Waals surface area contributed by atoms with E-state index in [-0.39, 0.29) is 11.4 Å². The van der Waals surface area contributed by atoms with Crippen LogP contribution in [0.3, 0.4) is 0 Å². The molecular weight excluding hydrogens is 707 g/mol. The van der Waals surface area contributed by atoms with Crippen LogP contribution in [0, 0.1) is 10.8 Å². The van der Waals surface area contributed by atoms with Gasteiger partial charge in [0.15, 0.2) is 5.82 Å². The number of rotatable bonds is 7. The molecule has 5 nitrogen and oxygen atoms in total. The van der Waals surface area contributed by atoms with Crippen LogP contribution in [0.15, 0.2) is 194 Å². The predicted octanol–water partition coefficient (Wildman–Crippen LogP) is 13.0. The Morgan fingerprint density at radius 3 is 1.50 bits per heavy atom. The number of nitrogens with zero attached hydrogens (tertiary/aromatic N) is 3. The van der Waals surface area contributed by atoms with Crippen molar-refractivity contribution in [3.8, 4) is 67.4 Å². The number of hydrogen-bond acceptors (Lipinski definition) is 5. The smallest absolute Gasteiger partial charge is 0.160 e. The first kappa shape index (κ1) is 34.6. The topological polar surface area (TPSA) is 86.4 Å². The number of pyridine rings is 1. The molecule has 0 fully saturated rings. The van der Waals surface area contributed by atoms with Crippen molar-refractivity contribution in [3.63, 3.8) is 0 Å². The Kier molecular flexibility index (Phi) is 8.73. The Morgan fingerprint density at radius 2 is 0.845 bits per heavy atom. The maximum absolute atomic E-state index is 9.31. The third-order valence-corrected chi connectivity index (χ3v) is 10.7. The van der Waals surface area contributed by atoms with E-state index in [9.17, 15) is 10.8 Å². The number of nitrogens with one attached hydrogen (secondary N) is 2. The van der Waals surface area contributed by atoms with Gasteiger partial charge in [-0.05, 0) is 58.2 Å². The molecule has 2 heterocycles. The van der Waals surface area contributed by atoms with Gasteiger partial charge in [-0.2, -0.15) is 0 Å². The van der Waals surface area contributed by atoms with Crippen molar-refractivity contribution < 1.29 is 0 Å². The van der Waals surface area contributed by atoms with E-state index in [1.807, 2.05) is 97.1 Å². The van der Waals surface area contributed by atoms with Crippen molar-refractivity contribution >= 4 is 34.0 Å². The predicted molar refractivity (Wildman–Crippen MR) is 239 cm³/mol. The summed E-state index contributed by atoms with van der Waals surface area (Å²) in [5, 5.41) is 19.4. The Bertz CT molecular complexity index is 2960. The standard InChI is InChI=1S/C53H35N5/c54-50-44(32-45-49(51(50)55)43-24-10-11-25-46(43)56-52(45)38-18-8-3-9-19-38)36-26-28-37(29-27-36)47-33-48(41-22-12-20-39(30-41)34-14-4-1-5-15-34)58-53(57-47)42-23-13-21-40(31-42)35-16-6-2-7-17-35/h1-33,54-55H. The molecule has 1 aliphatic rings. The first-order chi connectivity index (χ1) is 28.6. The van der Waals surface area contributed by atoms with E-state index in [2.05, 4.69) is 103 Å². The summed E-state index contributed by atoms with van der Waals surface area (Å²) in [5.41, 5.74) is 15.0. The minimum absolute atomic E-state index is 0.179. The fraction of sp³-hybridized carbons (Fsp3) is 0. The molecule has 0 atom stereocenters. The molecule has 0 aliphatic heterocycles. The van der Waals surface area contributed by atoms with Crippen LogP contribution in [0.1, 0.15) is 16.7 Å². The third-order valence-electron chi connectivity index (χ3n) is 10.7. The molecule has 2 aromatic heterocycles. The number of fused-ring (bicyclic) bond motifs is 3. The molecule has 0 bridgehead atoms. The van der Waals surface area contributed by atoms with E-state index in [1.165, 1.54) is 0 Å². The van der Waals surface area contributed by atoms with E-state index >= 15 is 0 Å². The molecule has 9 aromatic rings. The van der Waals surface area contributed by atoms with Crippen LogP contribution in [0.25, 0.3) is 90.0 Å². The second-order valence-corrected chi connectivity index (χ2v) is 14.4. The average molecular weight is 742 g/mol. The lowest BCUT2D eigenvalue weighted by Crippen LogP contribution is -2.21. The molecule has 0 unspecified atom stereocenters. The zero-order chi connectivity index (χ0) is 39.0. The molecule has 272 valence electrons. The van der Waals surface area contributed by atoms with Crippen LogP contribution >= 0.6 is 0 Å². The third kappa shape index (κ3) is 6.41. The van der Waals surface area contributed by atoms with Crippen molar-refractivity contribution in [3.05, 3.63) is 211 Å². The van der Waals surface area contributed by atoms with Crippen LogP contribution in [-0.2, 0) is 0 Å². The largest absolute Gasteiger partial charge is 0.298 e. The minimum Gasteiger partial charge on any atom is -0.298 e. The fourth-order valence-corrected chi connectivity index (χ4v) is 7.81. The summed E-state index contributed by atoms with van der Waals surface area (Å²) in [6.45, 7) is 0. The van der Waals surface area contributed by atoms with Crippen LogP contribution in [0.2, 0.25) is 0 Å². The number of benzene rings is 7. The molecular formula is C53H35N5. The van der Waals surface area contributed by atoms with Gasteiger partial charge in [0.05, 0.1) is 34.0 Å². The Morgan fingerprint density at radius 1 is 0.345 bits per heavy atom. The van der Waals surface area contributed by atoms with Crippen molar-refractivity contribution in [2.45, 2.75) is 0 Å². The maximum Gasteiger partial charge on any atom is 0.160 e. The minimum atomic E-state index is 0.179. The van der Waals surface area contributed by atoms with Gasteiger partial charge >= 0.3 is 0 Å². The van der Waals surface area contributed by atoms with E-state index < -0.39 is 0 Å². The highest BCUT2D eigenvalue weighted by molar-refractivity contribution is 6.64. The van der Waals surface area contributed by atoms with Gasteiger partial charge in [-0.1, -0.05) is 170 Å². The lowest BCUT2D eigenvalue weighted by atomic mass is 9.82. The molecule has 0 radical (unpaired) electrons. The number of hydrogen-bond donors (Lipinski definition) is 2. The highest BCUT2D eigenvalue weighted by atomic mass is 14.9. The van der Waals surface area contributed by atoms with Gasteiger partial charge in [0.25, 0.3) is 0 Å². The highest BCUT2D eigenvalue weighted by Crippen LogP contribution is 2.39. The van der Waals surface area contributed by atoms with Gasteiger partial charge in [-0.25, -0.2) is 15.0 Å². The molecule has 7 aromatic carbocycles. The second-order valence-electron chi connectivity index (χ2n) is 14.4. The molecule has 5 heteroatoms. The van der Waals surface area contributed by atoms with Crippen LogP contribution in [-0.4, -0.2) is 26.4 Å². The second kappa shape index (κ2) is 14.6. The molecule has 58 heavy (non-hydrogen) atoms. The quantitative estimate of drug-likeness (QED) is 0.170. The molecule has 2 N–H and O–H groups in total. The summed E-state index contributed by atoms with van der Waals surface area (Å²) < 4.78 is 0. The van der Waals surface area contributed by atoms with E-state index in [0.29, 0.717) is 11.4 Å². The Balaban J connectivity index is 1.08. The van der Waals surface area contributed by atoms with Crippen LogP contribution in [0.5, 0.6) is 0 Å². The average Bonchev–Trinajstić information content (AvgIpc) is 3.30. The summed E-state index contributed by atoms with van der Waals surface area (Å²) in [5.74, 6) is 0.634. The van der Waals surface area contributed by atoms with E-state index in [4.69, 9.17) is 15.0 Å². The zero-order valence-electron chi connectivity index (χ0n) is 31.4. The monoisotopic (exact) mass is 741 g/mol. The highest BCUT2D eigenvalue weighted by Gasteiger charge is 2.28. The number of para-hydroxylation sites is 1. The molecule has 10 rings (SSSR count). The van der Waals surface area contributed by atoms with E-state index in [0.717, 1.165) is 89.2 Å². The molecule has 1 aliphatic carbocycles. The normalized spacial score (nSPS) is 12.3. The zero-order valence-corrected chi connectivity index (χ0v) is 31.4. The van der Waals surface area contributed by atoms with Gasteiger partial charge in [-0.15, -0.1) is 0 Å². The lowest BCUT2D eigenvalue weighted by Gasteiger charge is -2.23. The van der Waals surface area contributed by atoms with E-state index in [1.54, 1.807) is 0 Å². The van der Waals surface area contributed by atoms with Crippen molar-refractivity contribution in [2.24, 2.45) is 0 Å². The molecule has 0 saturated carbocycles. The van der Waals surface area contributed by atoms with Gasteiger partial charge < -0.3 is 0 Å². The van der Waals surface area contributed by atoms with Crippen LogP contribution < -0.4 is 0 Å². The first-order valence-corrected chi connectivity index (χ1v) is 19.3. The van der Waals surface area contributed by atoms with Crippen LogP contribution in [0.4, 0.5) is 0 Å². The Hall–Kier alpha value is -7.89. The number of aromatic nitrogens is 3. The van der Waals surface area contributed by atoms with Gasteiger partial charge in [0.2, 0.25) is 0 Å². The van der Waals surface area contributed by atoms with Crippen molar-refractivity contribution in [1.82, 2.24) is 15.0 Å². The summed E-state index contributed by atoms with van der Waals surface area (Å²) in [6, 6.07) is 65.8. The van der Waals surface area contributed by atoms with Gasteiger partial charge in [0.1, 0.15) is 0 Å².